The van der Waals surface area contributed by atoms with Gasteiger partial charge in [0.1, 0.15) is 17.3 Å². The summed E-state index contributed by atoms with van der Waals surface area (Å²) in [4.78, 5) is 27.2. The summed E-state index contributed by atoms with van der Waals surface area (Å²) < 4.78 is 10.4. The molecule has 1 amide bonds. The molecule has 0 saturated carbocycles. The highest BCUT2D eigenvalue weighted by molar-refractivity contribution is 6.46. The second kappa shape index (κ2) is 8.82. The standard InChI is InChI=1S/C23H25NO5/c1-4-5-14-24-20(15-6-10-17(28-2)11-7-15)19(22(26)23(24)27)21(25)16-8-12-18(29-3)13-9-16/h6-13,20,25H,4-5,14H2,1-3H3/b21-19+. The zero-order chi connectivity index (χ0) is 21.0. The average Bonchev–Trinajstić information content (AvgIpc) is 3.02. The van der Waals surface area contributed by atoms with Crippen LogP contribution in [0.25, 0.3) is 5.76 Å². The first-order valence-electron chi connectivity index (χ1n) is 9.58. The van der Waals surface area contributed by atoms with Crippen molar-refractivity contribution in [2.24, 2.45) is 0 Å². The molecule has 29 heavy (non-hydrogen) atoms. The quantitative estimate of drug-likeness (QED) is 0.437. The lowest BCUT2D eigenvalue weighted by Crippen LogP contribution is -2.30. The van der Waals surface area contributed by atoms with Crippen molar-refractivity contribution in [3.05, 3.63) is 65.2 Å². The minimum Gasteiger partial charge on any atom is -0.507 e. The fourth-order valence-corrected chi connectivity index (χ4v) is 3.48. The number of hydrogen-bond donors (Lipinski definition) is 1. The van der Waals surface area contributed by atoms with Crippen LogP contribution in [0, 0.1) is 0 Å². The average molecular weight is 395 g/mol. The van der Waals surface area contributed by atoms with E-state index in [2.05, 4.69) is 0 Å². The zero-order valence-corrected chi connectivity index (χ0v) is 16.8. The van der Waals surface area contributed by atoms with E-state index in [-0.39, 0.29) is 11.3 Å². The summed E-state index contributed by atoms with van der Waals surface area (Å²) in [5.74, 6) is -0.138. The number of methoxy groups -OCH3 is 2. The second-order valence-electron chi connectivity index (χ2n) is 6.85. The number of benzene rings is 2. The van der Waals surface area contributed by atoms with Crippen LogP contribution in [0.2, 0.25) is 0 Å². The maximum atomic E-state index is 12.9. The predicted octanol–water partition coefficient (Wildman–Crippen LogP) is 3.93. The summed E-state index contributed by atoms with van der Waals surface area (Å²) in [6.07, 6.45) is 1.65. The summed E-state index contributed by atoms with van der Waals surface area (Å²) >= 11 is 0. The van der Waals surface area contributed by atoms with Gasteiger partial charge in [0.2, 0.25) is 0 Å². The van der Waals surface area contributed by atoms with Gasteiger partial charge in [-0.2, -0.15) is 0 Å². The van der Waals surface area contributed by atoms with Gasteiger partial charge in [-0.25, -0.2) is 0 Å². The number of amides is 1. The van der Waals surface area contributed by atoms with Crippen molar-refractivity contribution in [3.8, 4) is 11.5 Å². The lowest BCUT2D eigenvalue weighted by Gasteiger charge is -2.25. The fourth-order valence-electron chi connectivity index (χ4n) is 3.48. The SMILES string of the molecule is CCCCN1C(=O)C(=O)/C(=C(/O)c2ccc(OC)cc2)C1c1ccc(OC)cc1. The summed E-state index contributed by atoms with van der Waals surface area (Å²) in [7, 11) is 3.13. The van der Waals surface area contributed by atoms with Gasteiger partial charge < -0.3 is 19.5 Å². The van der Waals surface area contributed by atoms with Crippen LogP contribution in [-0.4, -0.2) is 42.5 Å². The molecule has 1 fully saturated rings. The van der Waals surface area contributed by atoms with Crippen molar-refractivity contribution in [2.45, 2.75) is 25.8 Å². The van der Waals surface area contributed by atoms with Gasteiger partial charge in [-0.3, -0.25) is 9.59 Å². The van der Waals surface area contributed by atoms with Crippen LogP contribution >= 0.6 is 0 Å². The van der Waals surface area contributed by atoms with E-state index in [1.165, 1.54) is 0 Å². The normalized spacial score (nSPS) is 18.2. The van der Waals surface area contributed by atoms with E-state index in [4.69, 9.17) is 9.47 Å². The molecule has 3 rings (SSSR count). The number of carbonyl (C=O) groups is 2. The van der Waals surface area contributed by atoms with Crippen molar-refractivity contribution >= 4 is 17.4 Å². The third-order valence-electron chi connectivity index (χ3n) is 5.09. The minimum atomic E-state index is -0.671. The van der Waals surface area contributed by atoms with E-state index < -0.39 is 17.7 Å². The Morgan fingerprint density at radius 3 is 2.03 bits per heavy atom. The number of ketones is 1. The number of ether oxygens (including phenoxy) is 2. The lowest BCUT2D eigenvalue weighted by molar-refractivity contribution is -0.139. The first kappa shape index (κ1) is 20.5. The van der Waals surface area contributed by atoms with E-state index in [1.807, 2.05) is 19.1 Å². The van der Waals surface area contributed by atoms with Crippen LogP contribution in [0.1, 0.15) is 36.9 Å². The van der Waals surface area contributed by atoms with Gasteiger partial charge in [0.05, 0.1) is 25.8 Å². The number of carbonyl (C=O) groups excluding carboxylic acids is 2. The number of likely N-dealkylation sites (tertiary alicyclic amines) is 1. The second-order valence-corrected chi connectivity index (χ2v) is 6.85. The zero-order valence-electron chi connectivity index (χ0n) is 16.8. The van der Waals surface area contributed by atoms with Gasteiger partial charge in [0, 0.05) is 12.1 Å². The third-order valence-corrected chi connectivity index (χ3v) is 5.09. The smallest absolute Gasteiger partial charge is 0.295 e. The molecular formula is C23H25NO5. The third kappa shape index (κ3) is 3.97. The molecule has 6 nitrogen and oxygen atoms in total. The van der Waals surface area contributed by atoms with Gasteiger partial charge in [0.25, 0.3) is 11.7 Å². The lowest BCUT2D eigenvalue weighted by atomic mass is 9.95. The molecule has 1 N–H and O–H groups in total. The van der Waals surface area contributed by atoms with E-state index in [1.54, 1.807) is 55.5 Å². The van der Waals surface area contributed by atoms with Crippen LogP contribution < -0.4 is 9.47 Å². The van der Waals surface area contributed by atoms with Gasteiger partial charge in [-0.05, 0) is 48.4 Å². The number of aliphatic hydroxyl groups is 1. The van der Waals surface area contributed by atoms with Crippen molar-refractivity contribution < 1.29 is 24.2 Å². The van der Waals surface area contributed by atoms with Gasteiger partial charge in [-0.1, -0.05) is 25.5 Å². The Labute approximate surface area is 170 Å². The summed E-state index contributed by atoms with van der Waals surface area (Å²) in [5, 5.41) is 11.0. The van der Waals surface area contributed by atoms with Crippen molar-refractivity contribution in [1.82, 2.24) is 4.90 Å². The van der Waals surface area contributed by atoms with Gasteiger partial charge in [0.15, 0.2) is 0 Å². The first-order chi connectivity index (χ1) is 14.0. The molecule has 1 aliphatic rings. The molecule has 2 aromatic carbocycles. The Morgan fingerprint density at radius 1 is 0.966 bits per heavy atom. The number of nitrogens with zero attached hydrogens (tertiary/aromatic N) is 1. The van der Waals surface area contributed by atoms with Crippen LogP contribution in [0.15, 0.2) is 54.1 Å². The minimum absolute atomic E-state index is 0.0986. The Kier molecular flexibility index (Phi) is 6.22. The molecule has 1 atom stereocenters. The number of aliphatic hydroxyl groups excluding tert-OH is 1. The summed E-state index contributed by atoms with van der Waals surface area (Å²) in [5.41, 5.74) is 1.30. The predicted molar refractivity (Wildman–Crippen MR) is 110 cm³/mol. The Bertz CT molecular complexity index is 915. The molecular weight excluding hydrogens is 370 g/mol. The van der Waals surface area contributed by atoms with E-state index >= 15 is 0 Å². The van der Waals surface area contributed by atoms with Crippen LogP contribution in [0.3, 0.4) is 0 Å². The summed E-state index contributed by atoms with van der Waals surface area (Å²) in [6.45, 7) is 2.47. The highest BCUT2D eigenvalue weighted by Crippen LogP contribution is 2.40. The molecule has 2 aromatic rings. The van der Waals surface area contributed by atoms with Gasteiger partial charge >= 0.3 is 0 Å². The van der Waals surface area contributed by atoms with Crippen molar-refractivity contribution in [3.63, 3.8) is 0 Å². The van der Waals surface area contributed by atoms with Crippen LogP contribution in [0.5, 0.6) is 11.5 Å². The largest absolute Gasteiger partial charge is 0.507 e. The van der Waals surface area contributed by atoms with Crippen LogP contribution in [0.4, 0.5) is 0 Å². The maximum Gasteiger partial charge on any atom is 0.295 e. The Hall–Kier alpha value is -3.28. The van der Waals surface area contributed by atoms with Crippen molar-refractivity contribution in [2.75, 3.05) is 20.8 Å². The molecule has 152 valence electrons. The highest BCUT2D eigenvalue weighted by Gasteiger charge is 2.45. The maximum absolute atomic E-state index is 12.9. The molecule has 0 aliphatic carbocycles. The number of Topliss-reactive ketones (excluding diaryl/α,β-unsaturated/α-hetero) is 1. The van der Waals surface area contributed by atoms with Crippen LogP contribution in [-0.2, 0) is 9.59 Å². The fraction of sp³-hybridized carbons (Fsp3) is 0.304. The van der Waals surface area contributed by atoms with E-state index in [0.29, 0.717) is 23.6 Å². The molecule has 0 bridgehead atoms. The van der Waals surface area contributed by atoms with Crippen molar-refractivity contribution in [1.29, 1.82) is 0 Å². The molecule has 0 radical (unpaired) electrons. The topological polar surface area (TPSA) is 76.1 Å². The Balaban J connectivity index is 2.11. The highest BCUT2D eigenvalue weighted by atomic mass is 16.5. The summed E-state index contributed by atoms with van der Waals surface area (Å²) in [6, 6.07) is 13.3. The van der Waals surface area contributed by atoms with E-state index in [9.17, 15) is 14.7 Å². The number of hydrogen-bond acceptors (Lipinski definition) is 5. The molecule has 6 heteroatoms. The number of rotatable bonds is 7. The number of unbranched alkanes of at least 4 members (excludes halogenated alkanes) is 1. The van der Waals surface area contributed by atoms with Gasteiger partial charge in [-0.15, -0.1) is 0 Å². The molecule has 0 aromatic heterocycles. The molecule has 1 saturated heterocycles. The monoisotopic (exact) mass is 395 g/mol. The molecule has 1 heterocycles. The molecule has 1 aliphatic heterocycles. The Morgan fingerprint density at radius 2 is 1.52 bits per heavy atom. The van der Waals surface area contributed by atoms with E-state index in [0.717, 1.165) is 18.4 Å². The molecule has 1 unspecified atom stereocenters. The first-order valence-corrected chi connectivity index (χ1v) is 9.58. The molecule has 0 spiro atoms.